The van der Waals surface area contributed by atoms with Crippen LogP contribution in [0.25, 0.3) is 61.2 Å². The predicted molar refractivity (Wildman–Crippen MR) is 249 cm³/mol. The van der Waals surface area contributed by atoms with Crippen molar-refractivity contribution >= 4 is 44.7 Å². The molecule has 0 atom stereocenters. The molecule has 1 aliphatic rings. The molecule has 59 heavy (non-hydrogen) atoms. The Hall–Kier alpha value is -7.80. The minimum absolute atomic E-state index is 0.730. The van der Waals surface area contributed by atoms with E-state index in [-0.39, 0.29) is 0 Å². The van der Waals surface area contributed by atoms with Crippen LogP contribution in [0.2, 0.25) is 0 Å². The average molecular weight is 759 g/mol. The first kappa shape index (κ1) is 36.8. The number of hydrazine groups is 1. The van der Waals surface area contributed by atoms with Crippen LogP contribution in [0, 0.1) is 19.3 Å². The summed E-state index contributed by atoms with van der Waals surface area (Å²) in [6.45, 7) is 6.69. The van der Waals surface area contributed by atoms with Gasteiger partial charge < -0.3 is 9.84 Å². The van der Waals surface area contributed by atoms with E-state index in [9.17, 15) is 0 Å². The Morgan fingerprint density at radius 3 is 2.20 bits per heavy atom. The fourth-order valence-electron chi connectivity index (χ4n) is 8.07. The number of allylic oxidation sites excluding steroid dienone is 5. The van der Waals surface area contributed by atoms with E-state index in [0.29, 0.717) is 0 Å². The highest BCUT2D eigenvalue weighted by Gasteiger charge is 2.19. The zero-order valence-corrected chi connectivity index (χ0v) is 32.9. The summed E-state index contributed by atoms with van der Waals surface area (Å²) in [6, 6.07) is 57.7. The fraction of sp³-hybridized carbons (Fsp3) is 0.0357. The zero-order valence-electron chi connectivity index (χ0n) is 32.9. The van der Waals surface area contributed by atoms with Crippen LogP contribution in [0.1, 0.15) is 33.6 Å². The van der Waals surface area contributed by atoms with Crippen LogP contribution < -0.4 is 10.4 Å². The second-order valence-corrected chi connectivity index (χ2v) is 14.6. The summed E-state index contributed by atoms with van der Waals surface area (Å²) >= 11 is 0. The highest BCUT2D eigenvalue weighted by atomic mass is 16.3. The molecule has 282 valence electrons. The SMILES string of the molecule is C#C/C=C\c1c(C)oc2c(-c3cccc(C4=C/C(=C)N(N/C=C(\c5ccccc5)c5ccc(-c6ccccc6)cc5)c5ccc6ccccc6c5C/C=C\4)c3)cccc12. The van der Waals surface area contributed by atoms with Gasteiger partial charge in [-0.05, 0) is 99.0 Å². The molecular weight excluding hydrogens is 717 g/mol. The maximum absolute atomic E-state index is 6.38. The number of nitrogens with one attached hydrogen (secondary N) is 1. The van der Waals surface area contributed by atoms with Gasteiger partial charge in [-0.15, -0.1) is 6.42 Å². The van der Waals surface area contributed by atoms with E-state index >= 15 is 0 Å². The van der Waals surface area contributed by atoms with Crippen LogP contribution in [-0.2, 0) is 6.42 Å². The van der Waals surface area contributed by atoms with Gasteiger partial charge in [0.25, 0.3) is 0 Å². The maximum atomic E-state index is 6.38. The molecule has 0 saturated carbocycles. The molecule has 0 spiro atoms. The second kappa shape index (κ2) is 16.4. The van der Waals surface area contributed by atoms with Gasteiger partial charge in [-0.3, -0.25) is 5.01 Å². The van der Waals surface area contributed by atoms with Crippen LogP contribution in [0.5, 0.6) is 0 Å². The number of terminal acetylenes is 1. The van der Waals surface area contributed by atoms with Crippen LogP contribution in [0.15, 0.2) is 211 Å². The van der Waals surface area contributed by atoms with Gasteiger partial charge >= 0.3 is 0 Å². The zero-order chi connectivity index (χ0) is 40.1. The van der Waals surface area contributed by atoms with Gasteiger partial charge in [-0.1, -0.05) is 176 Å². The van der Waals surface area contributed by atoms with Gasteiger partial charge in [0.15, 0.2) is 0 Å². The minimum Gasteiger partial charge on any atom is -0.460 e. The lowest BCUT2D eigenvalue weighted by Crippen LogP contribution is -2.33. The smallest absolute Gasteiger partial charge is 0.142 e. The summed E-state index contributed by atoms with van der Waals surface area (Å²) in [7, 11) is 0. The van der Waals surface area contributed by atoms with Gasteiger partial charge in [0.2, 0.25) is 0 Å². The fourth-order valence-corrected chi connectivity index (χ4v) is 8.07. The predicted octanol–water partition coefficient (Wildman–Crippen LogP) is 14.0. The van der Waals surface area contributed by atoms with Gasteiger partial charge in [-0.2, -0.15) is 0 Å². The Labute approximate surface area is 346 Å². The van der Waals surface area contributed by atoms with E-state index in [2.05, 4.69) is 199 Å². The number of benzene rings is 7. The van der Waals surface area contributed by atoms with Crippen molar-refractivity contribution in [3.8, 4) is 34.6 Å². The Kier molecular flexibility index (Phi) is 10.2. The molecule has 0 aliphatic carbocycles. The topological polar surface area (TPSA) is 28.4 Å². The van der Waals surface area contributed by atoms with Crippen molar-refractivity contribution in [1.82, 2.24) is 5.43 Å². The van der Waals surface area contributed by atoms with Crippen molar-refractivity contribution in [2.45, 2.75) is 13.3 Å². The van der Waals surface area contributed by atoms with Crippen molar-refractivity contribution in [1.29, 1.82) is 0 Å². The summed E-state index contributed by atoms with van der Waals surface area (Å²) in [6.07, 6.45) is 18.7. The van der Waals surface area contributed by atoms with Crippen molar-refractivity contribution in [2.75, 3.05) is 5.01 Å². The molecule has 0 saturated heterocycles. The molecule has 7 aromatic carbocycles. The van der Waals surface area contributed by atoms with Gasteiger partial charge in [-0.25, -0.2) is 0 Å². The van der Waals surface area contributed by atoms with Crippen LogP contribution in [0.3, 0.4) is 0 Å². The molecule has 0 unspecified atom stereocenters. The standard InChI is InChI=1S/C56H42N2O/c1-4-5-25-49-40(3)59-56-51(27-16-29-53(49)56)48-24-14-22-47(37-48)46-23-15-28-52-50-26-13-12-21-44(50)34-35-55(52)58(39(2)36-46)57-38-54(43-19-10-7-11-20-43)45-32-30-42(31-33-45)41-17-8-6-9-18-41/h1,5-27,29-38,57H,2,28H2,3H3/b23-15-,25-5-,46-36+,54-38+. The third-order valence-electron chi connectivity index (χ3n) is 11.0. The molecule has 3 heteroatoms. The van der Waals surface area contributed by atoms with Gasteiger partial charge in [0.05, 0.1) is 11.4 Å². The number of furan rings is 1. The lowest BCUT2D eigenvalue weighted by molar-refractivity contribution is 0.578. The second-order valence-electron chi connectivity index (χ2n) is 14.6. The molecule has 1 N–H and O–H groups in total. The lowest BCUT2D eigenvalue weighted by atomic mass is 9.96. The molecule has 1 aliphatic heterocycles. The largest absolute Gasteiger partial charge is 0.460 e. The summed E-state index contributed by atoms with van der Waals surface area (Å²) in [5, 5.41) is 5.57. The van der Waals surface area contributed by atoms with E-state index in [0.717, 1.165) is 79.1 Å². The number of rotatable bonds is 8. The first-order chi connectivity index (χ1) is 29.1. The molecule has 9 rings (SSSR count). The number of hydrogen-bond donors (Lipinski definition) is 1. The van der Waals surface area contributed by atoms with Crippen LogP contribution in [-0.4, -0.2) is 0 Å². The van der Waals surface area contributed by atoms with Gasteiger partial charge in [0.1, 0.15) is 11.3 Å². The highest BCUT2D eigenvalue weighted by Crippen LogP contribution is 2.38. The summed E-state index contributed by atoms with van der Waals surface area (Å²) in [5.74, 6) is 3.44. The molecular formula is C56H42N2O. The molecule has 2 heterocycles. The molecule has 1 aromatic heterocycles. The summed E-state index contributed by atoms with van der Waals surface area (Å²) in [4.78, 5) is 0. The number of hydrogen-bond acceptors (Lipinski definition) is 3. The average Bonchev–Trinajstić information content (AvgIpc) is 3.64. The van der Waals surface area contributed by atoms with Crippen molar-refractivity contribution in [2.24, 2.45) is 0 Å². The molecule has 0 bridgehead atoms. The lowest BCUT2D eigenvalue weighted by Gasteiger charge is -2.28. The van der Waals surface area contributed by atoms with Crippen LogP contribution in [0.4, 0.5) is 5.69 Å². The Bertz CT molecular complexity index is 3010. The first-order valence-electron chi connectivity index (χ1n) is 19.9. The number of nitrogens with zero attached hydrogens (tertiary/aromatic N) is 1. The first-order valence-corrected chi connectivity index (χ1v) is 19.9. The van der Waals surface area contributed by atoms with Gasteiger partial charge in [0, 0.05) is 28.3 Å². The van der Waals surface area contributed by atoms with E-state index in [4.69, 9.17) is 17.4 Å². The molecule has 0 amide bonds. The van der Waals surface area contributed by atoms with Crippen molar-refractivity contribution in [3.05, 3.63) is 240 Å². The third-order valence-corrected chi connectivity index (χ3v) is 11.0. The summed E-state index contributed by atoms with van der Waals surface area (Å²) < 4.78 is 6.38. The number of aryl methyl sites for hydroxylation is 1. The summed E-state index contributed by atoms with van der Waals surface area (Å²) in [5.41, 5.74) is 18.5. The normalized spacial score (nSPS) is 14.6. The molecule has 3 nitrogen and oxygen atoms in total. The van der Waals surface area contributed by atoms with E-state index < -0.39 is 0 Å². The molecule has 0 radical (unpaired) electrons. The van der Waals surface area contributed by atoms with E-state index in [1.165, 1.54) is 27.5 Å². The van der Waals surface area contributed by atoms with Crippen molar-refractivity contribution in [3.63, 3.8) is 0 Å². The highest BCUT2D eigenvalue weighted by molar-refractivity contribution is 5.99. The maximum Gasteiger partial charge on any atom is 0.142 e. The third kappa shape index (κ3) is 7.44. The quantitative estimate of drug-likeness (QED) is 0.156. The number of para-hydroxylation sites is 1. The number of fused-ring (bicyclic) bond motifs is 4. The molecule has 8 aromatic rings. The molecule has 0 fully saturated rings. The minimum atomic E-state index is 0.730. The van der Waals surface area contributed by atoms with E-state index in [1.807, 2.05) is 19.1 Å². The number of anilines is 1. The Balaban J connectivity index is 1.13. The van der Waals surface area contributed by atoms with E-state index in [1.54, 1.807) is 6.08 Å². The van der Waals surface area contributed by atoms with Crippen molar-refractivity contribution < 1.29 is 4.42 Å². The Morgan fingerprint density at radius 1 is 0.712 bits per heavy atom. The van der Waals surface area contributed by atoms with Crippen LogP contribution >= 0.6 is 0 Å². The Morgan fingerprint density at radius 2 is 1.39 bits per heavy atom. The monoisotopic (exact) mass is 758 g/mol.